The van der Waals surface area contributed by atoms with Crippen LogP contribution in [-0.2, 0) is 0 Å². The van der Waals surface area contributed by atoms with Crippen molar-refractivity contribution < 1.29 is 18.3 Å². The fraction of sp³-hybridized carbons (Fsp3) is 0.0625. The molecule has 3 aromatic rings. The maximum Gasteiger partial charge on any atom is 0.231 e. The Kier molecular flexibility index (Phi) is 2.29. The van der Waals surface area contributed by atoms with Crippen molar-refractivity contribution >= 4 is 11.4 Å². The van der Waals surface area contributed by atoms with E-state index in [0.717, 1.165) is 11.6 Å². The summed E-state index contributed by atoms with van der Waals surface area (Å²) in [6, 6.07) is 7.41. The molecular weight excluding hydrogens is 304 g/mol. The maximum atomic E-state index is 14.3. The molecule has 2 aromatic carbocycles. The normalized spacial score (nSPS) is 13.7. The average molecular weight is 313 g/mol. The lowest BCUT2D eigenvalue weighted by molar-refractivity contribution is 0.174. The molecule has 2 aliphatic rings. The zero-order valence-corrected chi connectivity index (χ0v) is 11.6. The van der Waals surface area contributed by atoms with Crippen LogP contribution in [-0.4, -0.2) is 16.6 Å². The Hall–Kier alpha value is -3.09. The largest absolute Gasteiger partial charge is 0.454 e. The van der Waals surface area contributed by atoms with E-state index in [1.54, 1.807) is 24.4 Å². The van der Waals surface area contributed by atoms with Gasteiger partial charge in [-0.2, -0.15) is 5.10 Å². The van der Waals surface area contributed by atoms with E-state index in [2.05, 4.69) is 10.4 Å². The molecule has 0 saturated carbocycles. The van der Waals surface area contributed by atoms with Gasteiger partial charge < -0.3 is 14.8 Å². The summed E-state index contributed by atoms with van der Waals surface area (Å²) >= 11 is 0. The summed E-state index contributed by atoms with van der Waals surface area (Å²) in [5, 5.41) is 7.25. The first-order chi connectivity index (χ1) is 11.2. The summed E-state index contributed by atoms with van der Waals surface area (Å²) in [7, 11) is 0. The van der Waals surface area contributed by atoms with Gasteiger partial charge in [0.25, 0.3) is 0 Å². The molecule has 0 saturated heterocycles. The second-order valence-corrected chi connectivity index (χ2v) is 5.29. The molecule has 0 spiro atoms. The van der Waals surface area contributed by atoms with Crippen LogP contribution in [0.2, 0.25) is 0 Å². The van der Waals surface area contributed by atoms with E-state index in [9.17, 15) is 8.78 Å². The van der Waals surface area contributed by atoms with Crippen LogP contribution in [0.5, 0.6) is 11.5 Å². The lowest BCUT2D eigenvalue weighted by Gasteiger charge is -2.11. The third-order valence-corrected chi connectivity index (χ3v) is 3.94. The van der Waals surface area contributed by atoms with Crippen LogP contribution >= 0.6 is 0 Å². The van der Waals surface area contributed by atoms with E-state index in [1.165, 1.54) is 10.7 Å². The molecule has 1 aromatic heterocycles. The Morgan fingerprint density at radius 2 is 1.87 bits per heavy atom. The van der Waals surface area contributed by atoms with Crippen molar-refractivity contribution in [1.29, 1.82) is 0 Å². The second-order valence-electron chi connectivity index (χ2n) is 5.29. The molecule has 23 heavy (non-hydrogen) atoms. The van der Waals surface area contributed by atoms with E-state index in [-0.39, 0.29) is 12.5 Å². The van der Waals surface area contributed by atoms with Crippen molar-refractivity contribution in [2.24, 2.45) is 0 Å². The van der Waals surface area contributed by atoms with Crippen molar-refractivity contribution in [3.8, 4) is 28.4 Å². The fourth-order valence-corrected chi connectivity index (χ4v) is 2.96. The van der Waals surface area contributed by atoms with E-state index < -0.39 is 11.6 Å². The van der Waals surface area contributed by atoms with Crippen molar-refractivity contribution in [3.05, 3.63) is 48.2 Å². The van der Waals surface area contributed by atoms with Gasteiger partial charge in [0, 0.05) is 17.7 Å². The minimum atomic E-state index is -0.690. The second kappa shape index (κ2) is 4.22. The van der Waals surface area contributed by atoms with Crippen LogP contribution in [0, 0.1) is 11.6 Å². The molecule has 2 aliphatic heterocycles. The van der Waals surface area contributed by atoms with Crippen LogP contribution in [0.15, 0.2) is 36.5 Å². The molecule has 0 unspecified atom stereocenters. The standard InChI is InChI=1S/C16H9F2N3O2/c17-8-3-10(18)16-12(4-8)20-11-6-15-14(22-7-23-15)5-9(11)13-1-2-19-21(13)16/h1-6,20H,7H2. The number of halogens is 2. The molecule has 5 rings (SSSR count). The fourth-order valence-electron chi connectivity index (χ4n) is 2.96. The third-order valence-electron chi connectivity index (χ3n) is 3.94. The van der Waals surface area contributed by atoms with E-state index in [4.69, 9.17) is 9.47 Å². The number of fused-ring (bicyclic) bond motifs is 6. The molecule has 7 heteroatoms. The first kappa shape index (κ1) is 12.5. The molecular formula is C16H9F2N3O2. The highest BCUT2D eigenvalue weighted by Gasteiger charge is 2.26. The number of ether oxygens (including phenoxy) is 2. The lowest BCUT2D eigenvalue weighted by Crippen LogP contribution is -2.03. The van der Waals surface area contributed by atoms with Gasteiger partial charge in [-0.25, -0.2) is 13.5 Å². The van der Waals surface area contributed by atoms with Crippen LogP contribution in [0.4, 0.5) is 20.2 Å². The summed E-state index contributed by atoms with van der Waals surface area (Å²) in [5.74, 6) is -0.157. The van der Waals surface area contributed by atoms with Gasteiger partial charge in [0.05, 0.1) is 23.3 Å². The highest BCUT2D eigenvalue weighted by atomic mass is 19.1. The van der Waals surface area contributed by atoms with Gasteiger partial charge >= 0.3 is 0 Å². The Morgan fingerprint density at radius 1 is 1.04 bits per heavy atom. The Bertz CT molecular complexity index is 968. The molecule has 3 heterocycles. The third kappa shape index (κ3) is 1.67. The smallest absolute Gasteiger partial charge is 0.231 e. The topological polar surface area (TPSA) is 48.3 Å². The monoisotopic (exact) mass is 313 g/mol. The Labute approximate surface area is 129 Å². The molecule has 0 bridgehead atoms. The average Bonchev–Trinajstić information content (AvgIpc) is 3.12. The highest BCUT2D eigenvalue weighted by Crippen LogP contribution is 2.45. The number of hydrogen-bond acceptors (Lipinski definition) is 4. The number of nitrogens with one attached hydrogen (secondary N) is 1. The van der Waals surface area contributed by atoms with Crippen LogP contribution < -0.4 is 14.8 Å². The van der Waals surface area contributed by atoms with Crippen LogP contribution in [0.3, 0.4) is 0 Å². The Morgan fingerprint density at radius 3 is 2.74 bits per heavy atom. The molecule has 1 N–H and O–H groups in total. The van der Waals surface area contributed by atoms with E-state index >= 15 is 0 Å². The molecule has 0 aliphatic carbocycles. The number of anilines is 2. The van der Waals surface area contributed by atoms with Gasteiger partial charge in [-0.3, -0.25) is 0 Å². The first-order valence-electron chi connectivity index (χ1n) is 6.95. The van der Waals surface area contributed by atoms with Gasteiger partial charge in [-0.1, -0.05) is 0 Å². The summed E-state index contributed by atoms with van der Waals surface area (Å²) < 4.78 is 40.2. The highest BCUT2D eigenvalue weighted by molar-refractivity contribution is 5.88. The van der Waals surface area contributed by atoms with Crippen molar-refractivity contribution in [2.45, 2.75) is 0 Å². The number of nitrogens with zero attached hydrogens (tertiary/aromatic N) is 2. The van der Waals surface area contributed by atoms with Crippen LogP contribution in [0.1, 0.15) is 0 Å². The maximum absolute atomic E-state index is 14.3. The van der Waals surface area contributed by atoms with Crippen molar-refractivity contribution in [1.82, 2.24) is 9.78 Å². The summed E-state index contributed by atoms with van der Waals surface area (Å²) in [5.41, 5.74) is 2.58. The predicted octanol–water partition coefficient (Wildman–Crippen LogP) is 3.60. The summed E-state index contributed by atoms with van der Waals surface area (Å²) in [4.78, 5) is 0. The predicted molar refractivity (Wildman–Crippen MR) is 78.3 cm³/mol. The van der Waals surface area contributed by atoms with Gasteiger partial charge in [-0.05, 0) is 18.2 Å². The zero-order chi connectivity index (χ0) is 15.6. The minimum Gasteiger partial charge on any atom is -0.454 e. The van der Waals surface area contributed by atoms with Crippen molar-refractivity contribution in [2.75, 3.05) is 12.1 Å². The Balaban J connectivity index is 1.86. The summed E-state index contributed by atoms with van der Waals surface area (Å²) in [6.45, 7) is 0.150. The lowest BCUT2D eigenvalue weighted by atomic mass is 10.1. The SMILES string of the molecule is Fc1cc(F)c2c(c1)Nc1cc3c(cc1-c1ccnn1-2)OCO3. The number of benzene rings is 2. The molecule has 0 fully saturated rings. The molecule has 0 atom stereocenters. The van der Waals surface area contributed by atoms with Crippen molar-refractivity contribution in [3.63, 3.8) is 0 Å². The van der Waals surface area contributed by atoms with Gasteiger partial charge in [0.2, 0.25) is 6.79 Å². The molecule has 0 radical (unpaired) electrons. The van der Waals surface area contributed by atoms with Crippen LogP contribution in [0.25, 0.3) is 16.9 Å². The van der Waals surface area contributed by atoms with Gasteiger partial charge in [0.1, 0.15) is 11.5 Å². The number of rotatable bonds is 0. The zero-order valence-electron chi connectivity index (χ0n) is 11.6. The van der Waals surface area contributed by atoms with Gasteiger partial charge in [0.15, 0.2) is 17.3 Å². The summed E-state index contributed by atoms with van der Waals surface area (Å²) in [6.07, 6.45) is 1.57. The molecule has 5 nitrogen and oxygen atoms in total. The quantitative estimate of drug-likeness (QED) is 0.539. The number of aromatic nitrogens is 2. The van der Waals surface area contributed by atoms with Gasteiger partial charge in [-0.15, -0.1) is 0 Å². The minimum absolute atomic E-state index is 0.150. The molecule has 0 amide bonds. The first-order valence-corrected chi connectivity index (χ1v) is 6.95. The molecule has 114 valence electrons. The van der Waals surface area contributed by atoms with E-state index in [1.807, 2.05) is 0 Å². The van der Waals surface area contributed by atoms with E-state index in [0.29, 0.717) is 28.6 Å². The number of hydrogen-bond donors (Lipinski definition) is 1.